The molecular weight excluding hydrogens is 442 g/mol. The van der Waals surface area contributed by atoms with E-state index in [0.29, 0.717) is 51.3 Å². The maximum Gasteiger partial charge on any atom is 0.231 e. The number of piperazine rings is 1. The molecule has 7 heteroatoms. The Kier molecular flexibility index (Phi) is 7.21. The van der Waals surface area contributed by atoms with Gasteiger partial charge < -0.3 is 24.6 Å². The molecular formula is C28H33N3O4. The van der Waals surface area contributed by atoms with Gasteiger partial charge in [-0.1, -0.05) is 54.1 Å². The Labute approximate surface area is 206 Å². The fourth-order valence-corrected chi connectivity index (χ4v) is 5.21. The first kappa shape index (κ1) is 23.3. The van der Waals surface area contributed by atoms with E-state index in [-0.39, 0.29) is 23.8 Å². The normalized spacial score (nSPS) is 24.1. The summed E-state index contributed by atoms with van der Waals surface area (Å²) < 4.78 is 11.7. The molecule has 3 heterocycles. The van der Waals surface area contributed by atoms with Crippen molar-refractivity contribution in [1.29, 1.82) is 0 Å². The number of benzene rings is 1. The fraction of sp³-hybridized carbons (Fsp3) is 0.429. The van der Waals surface area contributed by atoms with Crippen LogP contribution in [0.4, 0.5) is 0 Å². The number of allylic oxidation sites excluding steroid dienone is 4. The summed E-state index contributed by atoms with van der Waals surface area (Å²) in [5.41, 5.74) is 2.50. The van der Waals surface area contributed by atoms with E-state index in [1.54, 1.807) is 12.5 Å². The Bertz CT molecular complexity index is 1050. The van der Waals surface area contributed by atoms with E-state index in [0.717, 1.165) is 30.6 Å². The lowest BCUT2D eigenvalue weighted by molar-refractivity contribution is -0.133. The van der Waals surface area contributed by atoms with E-state index in [2.05, 4.69) is 40.6 Å². The lowest BCUT2D eigenvalue weighted by Crippen LogP contribution is -2.48. The number of nitrogens with zero attached hydrogens (tertiary/aromatic N) is 2. The topological polar surface area (TPSA) is 71.1 Å². The molecule has 7 nitrogen and oxygen atoms in total. The van der Waals surface area contributed by atoms with Crippen LogP contribution in [-0.4, -0.2) is 53.8 Å². The van der Waals surface area contributed by atoms with Crippen molar-refractivity contribution in [3.8, 4) is 0 Å². The summed E-state index contributed by atoms with van der Waals surface area (Å²) in [6.45, 7) is 2.70. The average molecular weight is 476 g/mol. The summed E-state index contributed by atoms with van der Waals surface area (Å²) in [6, 6.07) is 10.1. The lowest BCUT2D eigenvalue weighted by Gasteiger charge is -2.37. The molecule has 2 amide bonds. The van der Waals surface area contributed by atoms with Gasteiger partial charge in [0.15, 0.2) is 6.26 Å². The van der Waals surface area contributed by atoms with Crippen LogP contribution >= 0.6 is 0 Å². The van der Waals surface area contributed by atoms with Gasteiger partial charge in [0.2, 0.25) is 17.7 Å². The van der Waals surface area contributed by atoms with Gasteiger partial charge >= 0.3 is 0 Å². The smallest absolute Gasteiger partial charge is 0.231 e. The third-order valence-electron chi connectivity index (χ3n) is 7.20. The van der Waals surface area contributed by atoms with E-state index in [9.17, 15) is 9.59 Å². The summed E-state index contributed by atoms with van der Waals surface area (Å²) in [5.74, 6) is 1.85. The highest BCUT2D eigenvalue weighted by molar-refractivity contribution is 5.81. The first-order chi connectivity index (χ1) is 17.2. The lowest BCUT2D eigenvalue weighted by atomic mass is 9.89. The summed E-state index contributed by atoms with van der Waals surface area (Å²) in [4.78, 5) is 29.0. The van der Waals surface area contributed by atoms with Gasteiger partial charge in [0.1, 0.15) is 12.0 Å². The van der Waals surface area contributed by atoms with E-state index in [1.807, 2.05) is 23.1 Å². The van der Waals surface area contributed by atoms with Crippen LogP contribution in [0.25, 0.3) is 0 Å². The maximum absolute atomic E-state index is 12.9. The van der Waals surface area contributed by atoms with Gasteiger partial charge in [0.05, 0.1) is 0 Å². The molecule has 1 aliphatic carbocycles. The highest BCUT2D eigenvalue weighted by Crippen LogP contribution is 2.31. The van der Waals surface area contributed by atoms with Crippen molar-refractivity contribution in [3.63, 3.8) is 0 Å². The van der Waals surface area contributed by atoms with Crippen LogP contribution in [0, 0.1) is 0 Å². The molecule has 4 aliphatic rings. The molecule has 5 rings (SSSR count). The first-order valence-corrected chi connectivity index (χ1v) is 12.6. The largest absolute Gasteiger partial charge is 0.460 e. The second-order valence-electron chi connectivity index (χ2n) is 9.55. The SMILES string of the molecule is O=C1CC(c2ccccc2)C(CCC(=O)N2CCN(C3=COC(CC4=CC=CCC4)=CO3)CC2)N1. The van der Waals surface area contributed by atoms with Gasteiger partial charge in [-0.2, -0.15) is 0 Å². The summed E-state index contributed by atoms with van der Waals surface area (Å²) in [6.07, 6.45) is 14.3. The Hall–Kier alpha value is -3.48. The number of amides is 2. The summed E-state index contributed by atoms with van der Waals surface area (Å²) >= 11 is 0. The standard InChI is InChI=1S/C28H33N3O4/c32-26-18-24(22-9-5-2-6-10-22)25(29-26)11-12-27(33)30-13-15-31(16-14-30)28-20-34-23(19-35-28)17-21-7-3-1-4-8-21/h1-3,5-7,9-10,19-20,24-25H,4,8,11-18H2,(H,29,32). The summed E-state index contributed by atoms with van der Waals surface area (Å²) in [7, 11) is 0. The molecule has 0 aromatic heterocycles. The van der Waals surface area contributed by atoms with Gasteiger partial charge in [0, 0.05) is 57.4 Å². The zero-order valence-electron chi connectivity index (χ0n) is 20.0. The molecule has 0 spiro atoms. The predicted octanol–water partition coefficient (Wildman–Crippen LogP) is 3.94. The van der Waals surface area contributed by atoms with Gasteiger partial charge in [-0.3, -0.25) is 9.59 Å². The number of ether oxygens (including phenoxy) is 2. The van der Waals surface area contributed by atoms with Gasteiger partial charge in [-0.25, -0.2) is 0 Å². The van der Waals surface area contributed by atoms with E-state index < -0.39 is 0 Å². The quantitative estimate of drug-likeness (QED) is 0.647. The van der Waals surface area contributed by atoms with Crippen LogP contribution in [-0.2, 0) is 19.1 Å². The molecule has 0 bridgehead atoms. The van der Waals surface area contributed by atoms with Crippen LogP contribution in [0.5, 0.6) is 0 Å². The minimum atomic E-state index is 0.00876. The van der Waals surface area contributed by atoms with Crippen molar-refractivity contribution < 1.29 is 19.1 Å². The summed E-state index contributed by atoms with van der Waals surface area (Å²) in [5, 5.41) is 3.07. The Morgan fingerprint density at radius 3 is 2.60 bits per heavy atom. The molecule has 2 saturated heterocycles. The number of carbonyl (C=O) groups excluding carboxylic acids is 2. The van der Waals surface area contributed by atoms with Crippen molar-refractivity contribution in [2.75, 3.05) is 26.2 Å². The molecule has 1 N–H and O–H groups in total. The van der Waals surface area contributed by atoms with Crippen molar-refractivity contribution in [2.45, 2.75) is 50.5 Å². The molecule has 2 atom stereocenters. The van der Waals surface area contributed by atoms with Crippen LogP contribution in [0.3, 0.4) is 0 Å². The predicted molar refractivity (Wildman–Crippen MR) is 133 cm³/mol. The van der Waals surface area contributed by atoms with E-state index in [4.69, 9.17) is 9.47 Å². The van der Waals surface area contributed by atoms with Crippen LogP contribution < -0.4 is 5.32 Å². The first-order valence-electron chi connectivity index (χ1n) is 12.6. The van der Waals surface area contributed by atoms with Crippen LogP contribution in [0.2, 0.25) is 0 Å². The number of carbonyl (C=O) groups is 2. The number of hydrogen-bond acceptors (Lipinski definition) is 5. The Balaban J connectivity index is 1.06. The highest BCUT2D eigenvalue weighted by atomic mass is 16.6. The molecule has 2 fully saturated rings. The Morgan fingerprint density at radius 1 is 1.06 bits per heavy atom. The van der Waals surface area contributed by atoms with E-state index in [1.165, 1.54) is 5.57 Å². The molecule has 184 valence electrons. The fourth-order valence-electron chi connectivity index (χ4n) is 5.21. The third-order valence-corrected chi connectivity index (χ3v) is 7.20. The molecule has 2 unspecified atom stereocenters. The number of hydrogen-bond donors (Lipinski definition) is 1. The monoisotopic (exact) mass is 475 g/mol. The number of nitrogens with one attached hydrogen (secondary N) is 1. The minimum Gasteiger partial charge on any atom is -0.460 e. The van der Waals surface area contributed by atoms with Crippen molar-refractivity contribution >= 4 is 11.8 Å². The van der Waals surface area contributed by atoms with Crippen molar-refractivity contribution in [1.82, 2.24) is 15.1 Å². The van der Waals surface area contributed by atoms with Crippen LogP contribution in [0.15, 0.2) is 78.3 Å². The molecule has 1 aromatic carbocycles. The average Bonchev–Trinajstić information content (AvgIpc) is 3.29. The Morgan fingerprint density at radius 2 is 1.89 bits per heavy atom. The molecule has 0 radical (unpaired) electrons. The minimum absolute atomic E-state index is 0.00876. The second kappa shape index (κ2) is 10.8. The zero-order valence-corrected chi connectivity index (χ0v) is 20.0. The van der Waals surface area contributed by atoms with Gasteiger partial charge in [-0.15, -0.1) is 0 Å². The maximum atomic E-state index is 12.9. The van der Waals surface area contributed by atoms with Crippen molar-refractivity contribution in [2.24, 2.45) is 0 Å². The van der Waals surface area contributed by atoms with Gasteiger partial charge in [0.25, 0.3) is 0 Å². The molecule has 0 saturated carbocycles. The molecule has 3 aliphatic heterocycles. The molecule has 1 aromatic rings. The van der Waals surface area contributed by atoms with Crippen molar-refractivity contribution in [3.05, 3.63) is 83.9 Å². The highest BCUT2D eigenvalue weighted by Gasteiger charge is 2.34. The zero-order chi connectivity index (χ0) is 24.0. The van der Waals surface area contributed by atoms with Gasteiger partial charge in [-0.05, 0) is 24.8 Å². The van der Waals surface area contributed by atoms with Crippen LogP contribution in [0.1, 0.15) is 50.0 Å². The third kappa shape index (κ3) is 5.78. The number of rotatable bonds is 7. The molecule has 35 heavy (non-hydrogen) atoms. The second-order valence-corrected chi connectivity index (χ2v) is 9.55. The van der Waals surface area contributed by atoms with E-state index >= 15 is 0 Å².